The maximum absolute atomic E-state index is 13.7. The van der Waals surface area contributed by atoms with Gasteiger partial charge < -0.3 is 20.2 Å². The first-order valence-corrected chi connectivity index (χ1v) is 19.5. The fourth-order valence-electron chi connectivity index (χ4n) is 4.49. The van der Waals surface area contributed by atoms with Crippen molar-refractivity contribution in [2.24, 2.45) is 0 Å². The number of carbonyl (C=O) groups is 1. The van der Waals surface area contributed by atoms with Gasteiger partial charge in [-0.25, -0.2) is 22.9 Å². The van der Waals surface area contributed by atoms with Gasteiger partial charge in [-0.15, -0.1) is 11.3 Å². The Morgan fingerprint density at radius 3 is 2.37 bits per heavy atom. The fraction of sp³-hybridized carbons (Fsp3) is 0.655. The second kappa shape index (κ2) is 12.7. The first-order valence-electron chi connectivity index (χ1n) is 14.3. The number of nitrogens with zero attached hydrogens (tertiary/aromatic N) is 1. The molecule has 0 unspecified atom stereocenters. The van der Waals surface area contributed by atoms with Crippen molar-refractivity contribution in [1.29, 1.82) is 0 Å². The maximum atomic E-state index is 13.7. The average molecular weight is 625 g/mol. The Bertz CT molecular complexity index is 1310. The minimum absolute atomic E-state index is 0.0161. The largest absolute Gasteiger partial charge is 0.447 e. The molecular weight excluding hydrogens is 577 g/mol. The molecule has 3 rings (SSSR count). The van der Waals surface area contributed by atoms with E-state index < -0.39 is 23.9 Å². The number of benzene rings is 1. The van der Waals surface area contributed by atoms with E-state index in [1.54, 1.807) is 18.3 Å². The number of hydrogen-bond donors (Lipinski definition) is 3. The Morgan fingerprint density at radius 1 is 1.15 bits per heavy atom. The van der Waals surface area contributed by atoms with E-state index in [1.807, 2.05) is 27.7 Å². The summed E-state index contributed by atoms with van der Waals surface area (Å²) in [5.41, 5.74) is 6.18. The molecule has 1 aliphatic carbocycles. The van der Waals surface area contributed by atoms with Gasteiger partial charge >= 0.3 is 6.09 Å². The average Bonchev–Trinajstić information content (AvgIpc) is 3.32. The van der Waals surface area contributed by atoms with E-state index in [-0.39, 0.29) is 40.7 Å². The van der Waals surface area contributed by atoms with E-state index in [0.29, 0.717) is 11.3 Å². The number of thiazole rings is 1. The molecule has 1 heterocycles. The summed E-state index contributed by atoms with van der Waals surface area (Å²) in [7, 11) is -6.00. The second-order valence-corrected chi connectivity index (χ2v) is 21.0. The molecule has 1 aromatic heterocycles. The zero-order valence-corrected chi connectivity index (χ0v) is 28.6. The van der Waals surface area contributed by atoms with E-state index in [2.05, 4.69) is 48.9 Å². The molecule has 1 fully saturated rings. The van der Waals surface area contributed by atoms with Crippen LogP contribution in [0.3, 0.4) is 0 Å². The summed E-state index contributed by atoms with van der Waals surface area (Å²) >= 11 is 1.51. The Morgan fingerprint density at radius 2 is 1.78 bits per heavy atom. The molecule has 1 amide bonds. The molecule has 9 nitrogen and oxygen atoms in total. The van der Waals surface area contributed by atoms with Crippen LogP contribution in [0.2, 0.25) is 18.1 Å². The van der Waals surface area contributed by atoms with Crippen molar-refractivity contribution in [1.82, 2.24) is 15.0 Å². The molecule has 0 aliphatic heterocycles. The van der Waals surface area contributed by atoms with Crippen molar-refractivity contribution in [3.8, 4) is 10.4 Å². The van der Waals surface area contributed by atoms with Crippen molar-refractivity contribution in [2.75, 3.05) is 12.3 Å². The minimum Gasteiger partial charge on any atom is -0.447 e. The normalized spacial score (nSPS) is 18.9. The number of amides is 1. The summed E-state index contributed by atoms with van der Waals surface area (Å²) in [5.74, 6) is 0.256. The van der Waals surface area contributed by atoms with Gasteiger partial charge in [-0.1, -0.05) is 26.8 Å². The van der Waals surface area contributed by atoms with Crippen LogP contribution >= 0.6 is 11.3 Å². The highest BCUT2D eigenvalue weighted by atomic mass is 32.2. The van der Waals surface area contributed by atoms with Gasteiger partial charge in [0, 0.05) is 34.9 Å². The third-order valence-corrected chi connectivity index (χ3v) is 15.2. The summed E-state index contributed by atoms with van der Waals surface area (Å²) < 4.78 is 41.9. The van der Waals surface area contributed by atoms with Gasteiger partial charge in [-0.2, -0.15) is 0 Å². The quantitative estimate of drug-likeness (QED) is 0.200. The lowest BCUT2D eigenvalue weighted by molar-refractivity contribution is 0.109. The van der Waals surface area contributed by atoms with Crippen LogP contribution in [0.1, 0.15) is 85.1 Å². The molecule has 0 atom stereocenters. The summed E-state index contributed by atoms with van der Waals surface area (Å²) in [6.07, 6.45) is 4.67. The van der Waals surface area contributed by atoms with Crippen LogP contribution in [0.15, 0.2) is 29.3 Å². The second-order valence-electron chi connectivity index (χ2n) is 13.5. The molecule has 0 bridgehead atoms. The van der Waals surface area contributed by atoms with Gasteiger partial charge in [0.15, 0.2) is 8.32 Å². The molecule has 230 valence electrons. The Hall–Kier alpha value is -1.99. The monoisotopic (exact) mass is 624 g/mol. The van der Waals surface area contributed by atoms with Gasteiger partial charge in [0.2, 0.25) is 10.0 Å². The van der Waals surface area contributed by atoms with Crippen molar-refractivity contribution in [2.45, 2.75) is 121 Å². The summed E-state index contributed by atoms with van der Waals surface area (Å²) in [5, 5.41) is 3.94. The molecule has 0 saturated heterocycles. The molecular formula is C29H48N4O5S2Si. The van der Waals surface area contributed by atoms with Crippen LogP contribution < -0.4 is 15.8 Å². The number of sulfonamides is 1. The van der Waals surface area contributed by atoms with Crippen LogP contribution in [-0.2, 0) is 19.2 Å². The van der Waals surface area contributed by atoms with Gasteiger partial charge in [0.05, 0.1) is 27.5 Å². The number of nitrogens with one attached hydrogen (secondary N) is 2. The number of anilines is 1. The van der Waals surface area contributed by atoms with Gasteiger partial charge in [-0.05, 0) is 83.6 Å². The first kappa shape index (κ1) is 33.5. The van der Waals surface area contributed by atoms with E-state index in [1.165, 1.54) is 17.4 Å². The lowest BCUT2D eigenvalue weighted by atomic mass is 9.86. The summed E-state index contributed by atoms with van der Waals surface area (Å²) in [4.78, 5) is 17.6. The number of carbonyl (C=O) groups excluding carboxylic acids is 1. The van der Waals surface area contributed by atoms with Crippen LogP contribution in [0, 0.1) is 0 Å². The SMILES string of the molecule is CC(C)OC(=O)NC1CCC(c2ncc(-c3ccc(N)cc3S(=O)(=O)NC(C)(C)CO[Si](C)(C)C(C)(C)C)s2)CC1. The predicted octanol–water partition coefficient (Wildman–Crippen LogP) is 6.63. The molecule has 41 heavy (non-hydrogen) atoms. The van der Waals surface area contributed by atoms with Crippen molar-refractivity contribution >= 4 is 41.5 Å². The highest BCUT2D eigenvalue weighted by molar-refractivity contribution is 7.89. The van der Waals surface area contributed by atoms with Crippen molar-refractivity contribution < 1.29 is 22.4 Å². The number of ether oxygens (including phenoxy) is 1. The molecule has 1 saturated carbocycles. The highest BCUT2D eigenvalue weighted by Crippen LogP contribution is 2.40. The number of rotatable bonds is 10. The summed E-state index contributed by atoms with van der Waals surface area (Å²) in [6.45, 7) is 18.4. The number of aromatic nitrogens is 1. The zero-order valence-electron chi connectivity index (χ0n) is 26.0. The Labute approximate surface area is 251 Å². The van der Waals surface area contributed by atoms with Crippen LogP contribution in [-0.4, -0.2) is 52.1 Å². The van der Waals surface area contributed by atoms with Gasteiger partial charge in [-0.3, -0.25) is 0 Å². The smallest absolute Gasteiger partial charge is 0.407 e. The Balaban J connectivity index is 1.75. The number of alkyl carbamates (subject to hydrolysis) is 1. The van der Waals surface area contributed by atoms with Crippen molar-refractivity contribution in [3.63, 3.8) is 0 Å². The first-order chi connectivity index (χ1) is 18.8. The van der Waals surface area contributed by atoms with Crippen LogP contribution in [0.4, 0.5) is 10.5 Å². The van der Waals surface area contributed by atoms with E-state index in [9.17, 15) is 13.2 Å². The van der Waals surface area contributed by atoms with Crippen molar-refractivity contribution in [3.05, 3.63) is 29.4 Å². The van der Waals surface area contributed by atoms with Crippen LogP contribution in [0.25, 0.3) is 10.4 Å². The van der Waals surface area contributed by atoms with Crippen LogP contribution in [0.5, 0.6) is 0 Å². The fourth-order valence-corrected chi connectivity index (χ4v) is 8.49. The highest BCUT2D eigenvalue weighted by Gasteiger charge is 2.39. The molecule has 1 aromatic carbocycles. The Kier molecular flexibility index (Phi) is 10.4. The minimum atomic E-state index is -3.93. The lowest BCUT2D eigenvalue weighted by Gasteiger charge is -2.39. The zero-order chi connectivity index (χ0) is 30.8. The standard InChI is InChI=1S/C29H48N4O5S2Si/c1-19(2)38-27(34)32-22-13-10-20(11-14-22)26-31-17-24(39-26)23-15-12-21(30)16-25(23)40(35,36)33-29(6,7)18-37-41(8,9)28(3,4)5/h12,15-17,19-20,22,33H,10-11,13-14,18,30H2,1-9H3,(H,32,34). The lowest BCUT2D eigenvalue weighted by Crippen LogP contribution is -2.51. The number of nitrogens with two attached hydrogens (primary N) is 1. The van der Waals surface area contributed by atoms with Gasteiger partial charge in [0.1, 0.15) is 0 Å². The number of nitrogen functional groups attached to an aromatic ring is 1. The molecule has 12 heteroatoms. The molecule has 0 radical (unpaired) electrons. The molecule has 2 aromatic rings. The van der Waals surface area contributed by atoms with E-state index in [4.69, 9.17) is 14.9 Å². The third-order valence-electron chi connectivity index (χ3n) is 7.84. The molecule has 0 spiro atoms. The maximum Gasteiger partial charge on any atom is 0.407 e. The predicted molar refractivity (Wildman–Crippen MR) is 169 cm³/mol. The van der Waals surface area contributed by atoms with E-state index in [0.717, 1.165) is 35.6 Å². The summed E-state index contributed by atoms with van der Waals surface area (Å²) in [6, 6.07) is 5.06. The third kappa shape index (κ3) is 9.00. The topological polar surface area (TPSA) is 133 Å². The molecule has 4 N–H and O–H groups in total. The molecule has 1 aliphatic rings. The van der Waals surface area contributed by atoms with E-state index >= 15 is 0 Å². The number of hydrogen-bond acceptors (Lipinski definition) is 8. The van der Waals surface area contributed by atoms with Gasteiger partial charge in [0.25, 0.3) is 0 Å².